The number of aryl methyl sites for hydroxylation is 1. The third-order valence-corrected chi connectivity index (χ3v) is 2.99. The summed E-state index contributed by atoms with van der Waals surface area (Å²) in [5.74, 6) is 1.70. The summed E-state index contributed by atoms with van der Waals surface area (Å²) in [6, 6.07) is 5.63. The summed E-state index contributed by atoms with van der Waals surface area (Å²) in [5, 5.41) is 3.75. The summed E-state index contributed by atoms with van der Waals surface area (Å²) < 4.78 is 5.43. The average Bonchev–Trinajstić information content (AvgIpc) is 2.88. The van der Waals surface area contributed by atoms with E-state index in [9.17, 15) is 4.79 Å². The smallest absolute Gasteiger partial charge is 0.254 e. The van der Waals surface area contributed by atoms with Crippen LogP contribution in [0.15, 0.2) is 33.4 Å². The molecule has 1 amide bonds. The van der Waals surface area contributed by atoms with Crippen molar-refractivity contribution in [1.29, 1.82) is 0 Å². The van der Waals surface area contributed by atoms with E-state index in [1.807, 2.05) is 35.9 Å². The minimum atomic E-state index is 0.0234. The molecule has 2 heterocycles. The summed E-state index contributed by atoms with van der Waals surface area (Å²) in [6.07, 6.45) is 0. The van der Waals surface area contributed by atoms with Gasteiger partial charge in [0.25, 0.3) is 5.91 Å². The monoisotopic (exact) mass is 235 g/mol. The van der Waals surface area contributed by atoms with Crippen LogP contribution in [0.4, 0.5) is 0 Å². The molecule has 16 heavy (non-hydrogen) atoms. The number of rotatable bonds is 3. The largest absolute Gasteiger partial charge is 0.464 e. The van der Waals surface area contributed by atoms with Crippen molar-refractivity contribution < 1.29 is 9.21 Å². The molecule has 3 nitrogen and oxygen atoms in total. The normalized spacial score (nSPS) is 10.4. The summed E-state index contributed by atoms with van der Waals surface area (Å²) in [6.45, 7) is 2.40. The number of nitrogens with zero attached hydrogens (tertiary/aromatic N) is 1. The van der Waals surface area contributed by atoms with E-state index in [0.717, 1.165) is 17.1 Å². The number of furan rings is 1. The number of thiophene rings is 1. The fourth-order valence-corrected chi connectivity index (χ4v) is 2.11. The Bertz CT molecular complexity index is 473. The van der Waals surface area contributed by atoms with Crippen molar-refractivity contribution in [2.24, 2.45) is 0 Å². The van der Waals surface area contributed by atoms with E-state index in [0.29, 0.717) is 6.54 Å². The van der Waals surface area contributed by atoms with Crippen LogP contribution in [0, 0.1) is 6.92 Å². The molecule has 2 aromatic rings. The van der Waals surface area contributed by atoms with Crippen LogP contribution in [0.25, 0.3) is 0 Å². The van der Waals surface area contributed by atoms with Gasteiger partial charge in [0.1, 0.15) is 11.5 Å². The Hall–Kier alpha value is -1.55. The number of amides is 1. The minimum Gasteiger partial charge on any atom is -0.464 e. The first kappa shape index (κ1) is 11.0. The Morgan fingerprint density at radius 2 is 2.25 bits per heavy atom. The van der Waals surface area contributed by atoms with Gasteiger partial charge in [0.2, 0.25) is 0 Å². The van der Waals surface area contributed by atoms with Gasteiger partial charge in [-0.2, -0.15) is 11.3 Å². The Labute approximate surface area is 98.3 Å². The van der Waals surface area contributed by atoms with E-state index in [4.69, 9.17) is 4.42 Å². The maximum Gasteiger partial charge on any atom is 0.254 e. The third kappa shape index (κ3) is 2.33. The summed E-state index contributed by atoms with van der Waals surface area (Å²) in [7, 11) is 1.78. The SMILES string of the molecule is Cc1ccc(CN(C)C(=O)c2ccsc2)o1. The van der Waals surface area contributed by atoms with Crippen molar-refractivity contribution in [2.45, 2.75) is 13.5 Å². The van der Waals surface area contributed by atoms with Gasteiger partial charge in [-0.1, -0.05) is 0 Å². The van der Waals surface area contributed by atoms with Crippen LogP contribution in [-0.4, -0.2) is 17.9 Å². The molecule has 0 atom stereocenters. The van der Waals surface area contributed by atoms with Crippen molar-refractivity contribution in [1.82, 2.24) is 4.90 Å². The maximum atomic E-state index is 11.9. The highest BCUT2D eigenvalue weighted by Gasteiger charge is 2.13. The lowest BCUT2D eigenvalue weighted by Gasteiger charge is -2.14. The van der Waals surface area contributed by atoms with Crippen molar-refractivity contribution >= 4 is 17.2 Å². The maximum absolute atomic E-state index is 11.9. The van der Waals surface area contributed by atoms with Crippen LogP contribution in [0.1, 0.15) is 21.9 Å². The van der Waals surface area contributed by atoms with Crippen LogP contribution in [0.2, 0.25) is 0 Å². The molecule has 0 aromatic carbocycles. The van der Waals surface area contributed by atoms with Gasteiger partial charge in [0.15, 0.2) is 0 Å². The van der Waals surface area contributed by atoms with E-state index in [1.54, 1.807) is 11.9 Å². The molecule has 2 rings (SSSR count). The molecule has 0 saturated heterocycles. The van der Waals surface area contributed by atoms with Gasteiger partial charge in [-0.15, -0.1) is 0 Å². The molecular formula is C12H13NO2S. The van der Waals surface area contributed by atoms with Gasteiger partial charge in [-0.3, -0.25) is 4.79 Å². The molecular weight excluding hydrogens is 222 g/mol. The standard InChI is InChI=1S/C12H13NO2S/c1-9-3-4-11(15-9)7-13(2)12(14)10-5-6-16-8-10/h3-6,8H,7H2,1-2H3. The molecule has 0 aliphatic carbocycles. The summed E-state index contributed by atoms with van der Waals surface area (Å²) in [4.78, 5) is 13.6. The van der Waals surface area contributed by atoms with Crippen LogP contribution in [0.5, 0.6) is 0 Å². The second-order valence-corrected chi connectivity index (χ2v) is 4.47. The Morgan fingerprint density at radius 1 is 1.44 bits per heavy atom. The molecule has 84 valence electrons. The highest BCUT2D eigenvalue weighted by Crippen LogP contribution is 2.13. The molecule has 4 heteroatoms. The molecule has 0 aliphatic heterocycles. The van der Waals surface area contributed by atoms with E-state index in [-0.39, 0.29) is 5.91 Å². The summed E-state index contributed by atoms with van der Waals surface area (Å²) in [5.41, 5.74) is 0.732. The van der Waals surface area contributed by atoms with Crippen molar-refractivity contribution in [3.8, 4) is 0 Å². The topological polar surface area (TPSA) is 33.5 Å². The molecule has 0 N–H and O–H groups in total. The van der Waals surface area contributed by atoms with Crippen molar-refractivity contribution in [3.63, 3.8) is 0 Å². The first-order valence-corrected chi connectivity index (χ1v) is 5.94. The zero-order valence-corrected chi connectivity index (χ0v) is 10.1. The molecule has 0 fully saturated rings. The molecule has 0 bridgehead atoms. The van der Waals surface area contributed by atoms with Crippen molar-refractivity contribution in [3.05, 3.63) is 46.0 Å². The van der Waals surface area contributed by atoms with E-state index in [1.165, 1.54) is 11.3 Å². The molecule has 2 aromatic heterocycles. The second-order valence-electron chi connectivity index (χ2n) is 3.69. The first-order valence-electron chi connectivity index (χ1n) is 5.00. The number of carbonyl (C=O) groups is 1. The second kappa shape index (κ2) is 4.53. The number of hydrogen-bond acceptors (Lipinski definition) is 3. The van der Waals surface area contributed by atoms with Gasteiger partial charge in [-0.25, -0.2) is 0 Å². The lowest BCUT2D eigenvalue weighted by molar-refractivity contribution is 0.0775. The minimum absolute atomic E-state index is 0.0234. The fraction of sp³-hybridized carbons (Fsp3) is 0.250. The average molecular weight is 235 g/mol. The van der Waals surface area contributed by atoms with Gasteiger partial charge < -0.3 is 9.32 Å². The Kier molecular flexibility index (Phi) is 3.10. The van der Waals surface area contributed by atoms with Gasteiger partial charge in [-0.05, 0) is 30.5 Å². The zero-order chi connectivity index (χ0) is 11.5. The van der Waals surface area contributed by atoms with Crippen molar-refractivity contribution in [2.75, 3.05) is 7.05 Å². The lowest BCUT2D eigenvalue weighted by Crippen LogP contribution is -2.25. The Morgan fingerprint density at radius 3 is 2.81 bits per heavy atom. The van der Waals surface area contributed by atoms with E-state index in [2.05, 4.69) is 0 Å². The molecule has 0 radical (unpaired) electrons. The molecule has 0 spiro atoms. The van der Waals surface area contributed by atoms with Gasteiger partial charge in [0.05, 0.1) is 12.1 Å². The van der Waals surface area contributed by atoms with E-state index >= 15 is 0 Å². The third-order valence-electron chi connectivity index (χ3n) is 2.30. The molecule has 0 aliphatic rings. The van der Waals surface area contributed by atoms with Crippen LogP contribution in [-0.2, 0) is 6.54 Å². The van der Waals surface area contributed by atoms with Gasteiger partial charge in [0, 0.05) is 12.4 Å². The van der Waals surface area contributed by atoms with Crippen LogP contribution >= 0.6 is 11.3 Å². The van der Waals surface area contributed by atoms with Crippen LogP contribution < -0.4 is 0 Å². The zero-order valence-electron chi connectivity index (χ0n) is 9.27. The molecule has 0 saturated carbocycles. The number of hydrogen-bond donors (Lipinski definition) is 0. The summed E-state index contributed by atoms with van der Waals surface area (Å²) >= 11 is 1.52. The first-order chi connectivity index (χ1) is 7.66. The highest BCUT2D eigenvalue weighted by atomic mass is 32.1. The highest BCUT2D eigenvalue weighted by molar-refractivity contribution is 7.08. The van der Waals surface area contributed by atoms with Gasteiger partial charge >= 0.3 is 0 Å². The number of carbonyl (C=O) groups excluding carboxylic acids is 1. The van der Waals surface area contributed by atoms with E-state index < -0.39 is 0 Å². The lowest BCUT2D eigenvalue weighted by atomic mass is 10.3. The quantitative estimate of drug-likeness (QED) is 0.819. The predicted molar refractivity (Wildman–Crippen MR) is 63.6 cm³/mol. The van der Waals surface area contributed by atoms with Crippen LogP contribution in [0.3, 0.4) is 0 Å². The Balaban J connectivity index is 2.03. The molecule has 0 unspecified atom stereocenters. The fourth-order valence-electron chi connectivity index (χ4n) is 1.48. The predicted octanol–water partition coefficient (Wildman–Crippen LogP) is 2.92.